The zero-order valence-electron chi connectivity index (χ0n) is 51.7. The zero-order valence-corrected chi connectivity index (χ0v) is 51.7. The van der Waals surface area contributed by atoms with E-state index in [0.717, 1.165) is 70.6 Å². The van der Waals surface area contributed by atoms with Crippen LogP contribution in [0.4, 0.5) is 0 Å². The van der Waals surface area contributed by atoms with Crippen LogP contribution in [0.25, 0.3) is 0 Å². The number of aliphatic hydroxyl groups excluding tert-OH is 2. The molecule has 6 heteroatoms. The van der Waals surface area contributed by atoms with Crippen LogP contribution in [0, 0.1) is 0 Å². The van der Waals surface area contributed by atoms with Gasteiger partial charge in [0.1, 0.15) is 0 Å². The average molecular weight is 1080 g/mol. The van der Waals surface area contributed by atoms with Crippen LogP contribution in [0.3, 0.4) is 0 Å². The Bertz CT molecular complexity index is 1290. The highest BCUT2D eigenvalue weighted by Crippen LogP contribution is 2.18. The molecule has 0 heterocycles. The highest BCUT2D eigenvalue weighted by molar-refractivity contribution is 5.76. The predicted molar refractivity (Wildman–Crippen MR) is 338 cm³/mol. The van der Waals surface area contributed by atoms with E-state index in [1.165, 1.54) is 270 Å². The molecule has 0 rings (SSSR count). The van der Waals surface area contributed by atoms with Gasteiger partial charge in [0.25, 0.3) is 0 Å². The van der Waals surface area contributed by atoms with E-state index in [4.69, 9.17) is 4.74 Å². The summed E-state index contributed by atoms with van der Waals surface area (Å²) in [4.78, 5) is 24.6. The first-order valence-electron chi connectivity index (χ1n) is 34.4. The number of unbranched alkanes of at least 4 members (excludes halogenated alkanes) is 47. The first-order valence-corrected chi connectivity index (χ1v) is 34.4. The molecule has 2 unspecified atom stereocenters. The van der Waals surface area contributed by atoms with Gasteiger partial charge in [0.05, 0.1) is 25.4 Å². The number of esters is 1. The number of carbonyl (C=O) groups excluding carboxylic acids is 2. The molecule has 0 saturated heterocycles. The van der Waals surface area contributed by atoms with Gasteiger partial charge in [-0.05, 0) is 89.9 Å². The molecule has 452 valence electrons. The van der Waals surface area contributed by atoms with Crippen molar-refractivity contribution in [3.8, 4) is 0 Å². The van der Waals surface area contributed by atoms with Crippen molar-refractivity contribution in [3.63, 3.8) is 0 Å². The molecule has 77 heavy (non-hydrogen) atoms. The Balaban J connectivity index is 3.47. The molecular weight excluding hydrogens is 947 g/mol. The molecule has 0 aromatic carbocycles. The van der Waals surface area contributed by atoms with E-state index in [0.29, 0.717) is 19.4 Å². The minimum absolute atomic E-state index is 0.00129. The molecule has 0 bridgehead atoms. The molecule has 0 aliphatic carbocycles. The second-order valence-electron chi connectivity index (χ2n) is 23.5. The number of ether oxygens (including phenoxy) is 1. The first-order chi connectivity index (χ1) is 38.0. The number of hydrogen-bond acceptors (Lipinski definition) is 5. The van der Waals surface area contributed by atoms with Crippen molar-refractivity contribution in [1.82, 2.24) is 5.32 Å². The van der Waals surface area contributed by atoms with Crippen LogP contribution in [0.15, 0.2) is 48.6 Å². The molecular formula is C71H133NO5. The Morgan fingerprint density at radius 2 is 0.649 bits per heavy atom. The summed E-state index contributed by atoms with van der Waals surface area (Å²) in [5, 5.41) is 23.2. The topological polar surface area (TPSA) is 95.9 Å². The van der Waals surface area contributed by atoms with Crippen molar-refractivity contribution < 1.29 is 24.5 Å². The number of rotatable bonds is 64. The van der Waals surface area contributed by atoms with Gasteiger partial charge in [0, 0.05) is 12.8 Å². The lowest BCUT2D eigenvalue weighted by molar-refractivity contribution is -0.143. The van der Waals surface area contributed by atoms with Gasteiger partial charge in [-0.15, -0.1) is 0 Å². The van der Waals surface area contributed by atoms with E-state index < -0.39 is 12.1 Å². The molecule has 0 radical (unpaired) electrons. The standard InChI is InChI=1S/C71H133NO5/c1-3-5-7-9-11-13-15-17-19-21-23-24-25-26-28-31-35-39-43-47-51-55-59-63-69(74)68(67-73)72-70(75)64-60-56-52-48-44-40-36-32-29-30-34-38-42-46-50-54-58-62-66-77-71(76)65-61-57-53-49-45-41-37-33-27-22-20-18-16-14-12-10-8-6-4-2/h12,14,18,20,32,36,59,63,68-69,73-74H,3-11,13,15-17,19,21-31,33-35,37-58,60-62,64-67H2,1-2H3,(H,72,75)/b14-12-,20-18-,36-32-,63-59+. The van der Waals surface area contributed by atoms with Crippen LogP contribution in [-0.2, 0) is 14.3 Å². The van der Waals surface area contributed by atoms with E-state index in [1.54, 1.807) is 6.08 Å². The average Bonchev–Trinajstić information content (AvgIpc) is 3.43. The predicted octanol–water partition coefficient (Wildman–Crippen LogP) is 22.1. The van der Waals surface area contributed by atoms with Gasteiger partial charge in [0.2, 0.25) is 5.91 Å². The summed E-state index contributed by atoms with van der Waals surface area (Å²) in [6.07, 6.45) is 86.0. The Labute approximate surface area is 480 Å². The van der Waals surface area contributed by atoms with Crippen molar-refractivity contribution >= 4 is 11.9 Å². The third-order valence-corrected chi connectivity index (χ3v) is 15.8. The number of aliphatic hydroxyl groups is 2. The lowest BCUT2D eigenvalue weighted by Gasteiger charge is -2.20. The Hall–Kier alpha value is -2.18. The van der Waals surface area contributed by atoms with Gasteiger partial charge in [-0.2, -0.15) is 0 Å². The minimum atomic E-state index is -0.856. The minimum Gasteiger partial charge on any atom is -0.466 e. The maximum absolute atomic E-state index is 12.5. The molecule has 1 amide bonds. The van der Waals surface area contributed by atoms with Crippen LogP contribution >= 0.6 is 0 Å². The number of hydrogen-bond donors (Lipinski definition) is 3. The van der Waals surface area contributed by atoms with Gasteiger partial charge in [-0.25, -0.2) is 0 Å². The van der Waals surface area contributed by atoms with E-state index >= 15 is 0 Å². The van der Waals surface area contributed by atoms with E-state index in [-0.39, 0.29) is 18.5 Å². The second kappa shape index (κ2) is 66.3. The van der Waals surface area contributed by atoms with Crippen LogP contribution in [0.2, 0.25) is 0 Å². The number of allylic oxidation sites excluding steroid dienone is 7. The van der Waals surface area contributed by atoms with Crippen molar-refractivity contribution in [2.45, 2.75) is 379 Å². The number of carbonyl (C=O) groups is 2. The molecule has 6 nitrogen and oxygen atoms in total. The fourth-order valence-electron chi connectivity index (χ4n) is 10.5. The molecule has 3 N–H and O–H groups in total. The third kappa shape index (κ3) is 62.9. The highest BCUT2D eigenvalue weighted by Gasteiger charge is 2.18. The smallest absolute Gasteiger partial charge is 0.305 e. The molecule has 0 aliphatic heterocycles. The Morgan fingerprint density at radius 1 is 0.364 bits per heavy atom. The van der Waals surface area contributed by atoms with E-state index in [1.807, 2.05) is 6.08 Å². The maximum atomic E-state index is 12.5. The van der Waals surface area contributed by atoms with Crippen molar-refractivity contribution in [1.29, 1.82) is 0 Å². The fraction of sp³-hybridized carbons (Fsp3) is 0.859. The number of nitrogens with one attached hydrogen (secondary N) is 1. The molecule has 0 aliphatic rings. The summed E-state index contributed by atoms with van der Waals surface area (Å²) in [5.41, 5.74) is 0. The fourth-order valence-corrected chi connectivity index (χ4v) is 10.5. The van der Waals surface area contributed by atoms with Gasteiger partial charge < -0.3 is 20.3 Å². The summed E-state index contributed by atoms with van der Waals surface area (Å²) < 4.78 is 5.50. The largest absolute Gasteiger partial charge is 0.466 e. The summed E-state index contributed by atoms with van der Waals surface area (Å²) in [7, 11) is 0. The summed E-state index contributed by atoms with van der Waals surface area (Å²) in [5.74, 6) is -0.0808. The van der Waals surface area contributed by atoms with Crippen LogP contribution in [0.1, 0.15) is 367 Å². The monoisotopic (exact) mass is 1080 g/mol. The maximum Gasteiger partial charge on any atom is 0.305 e. The Kier molecular flexibility index (Phi) is 64.5. The lowest BCUT2D eigenvalue weighted by Crippen LogP contribution is -2.45. The van der Waals surface area contributed by atoms with E-state index in [2.05, 4.69) is 55.6 Å². The van der Waals surface area contributed by atoms with Crippen molar-refractivity contribution in [2.24, 2.45) is 0 Å². The summed E-state index contributed by atoms with van der Waals surface area (Å²) in [6, 6.07) is -0.640. The van der Waals surface area contributed by atoms with Crippen LogP contribution in [-0.4, -0.2) is 47.4 Å². The molecule has 0 aromatic rings. The van der Waals surface area contributed by atoms with Gasteiger partial charge >= 0.3 is 5.97 Å². The Morgan fingerprint density at radius 3 is 1.03 bits per heavy atom. The van der Waals surface area contributed by atoms with E-state index in [9.17, 15) is 19.8 Å². The quantitative estimate of drug-likeness (QED) is 0.0320. The molecule has 0 fully saturated rings. The third-order valence-electron chi connectivity index (χ3n) is 15.8. The molecule has 0 saturated carbocycles. The molecule has 0 spiro atoms. The van der Waals surface area contributed by atoms with Crippen molar-refractivity contribution in [3.05, 3.63) is 48.6 Å². The summed E-state index contributed by atoms with van der Waals surface area (Å²) in [6.45, 7) is 4.89. The van der Waals surface area contributed by atoms with Crippen molar-refractivity contribution in [2.75, 3.05) is 13.2 Å². The SMILES string of the molecule is CCCCC/C=C\C/C=C\CCCCCCCCCCCC(=O)OCCCCCCCCCCC/C=C\CCCCCCCC(=O)NC(CO)C(O)/C=C/CCCCCCCCCCCCCCCCCCCCCCC. The molecule has 2 atom stereocenters. The second-order valence-corrected chi connectivity index (χ2v) is 23.5. The van der Waals surface area contributed by atoms with Gasteiger partial charge in [0.15, 0.2) is 0 Å². The normalized spacial score (nSPS) is 12.8. The number of amides is 1. The lowest BCUT2D eigenvalue weighted by atomic mass is 10.0. The van der Waals surface area contributed by atoms with Gasteiger partial charge in [-0.3, -0.25) is 9.59 Å². The highest BCUT2D eigenvalue weighted by atomic mass is 16.5. The molecule has 0 aromatic heterocycles. The van der Waals surface area contributed by atoms with Gasteiger partial charge in [-0.1, -0.05) is 313 Å². The summed E-state index contributed by atoms with van der Waals surface area (Å²) >= 11 is 0. The zero-order chi connectivity index (χ0) is 55.7. The first kappa shape index (κ1) is 74.8. The van der Waals surface area contributed by atoms with Crippen LogP contribution in [0.5, 0.6) is 0 Å². The van der Waals surface area contributed by atoms with Crippen LogP contribution < -0.4 is 5.32 Å².